The number of nitrogens with two attached hydrogens (primary N) is 1. The predicted octanol–water partition coefficient (Wildman–Crippen LogP) is 2.30. The van der Waals surface area contributed by atoms with Crippen LogP contribution >= 0.6 is 0 Å². The fourth-order valence-electron chi connectivity index (χ4n) is 1.51. The van der Waals surface area contributed by atoms with Crippen LogP contribution in [0.3, 0.4) is 0 Å². The van der Waals surface area contributed by atoms with Crippen LogP contribution in [0, 0.1) is 11.3 Å². The number of carbonyl (C=O) groups is 1. The Bertz CT molecular complexity index is 212. The number of carbonyl (C=O) groups excluding carboxylic acids is 1. The van der Waals surface area contributed by atoms with Crippen molar-refractivity contribution in [2.45, 2.75) is 66.5 Å². The SMILES string of the molecule is CCC(NC(=O)CC(N)C(C)(C)C)C(C)C. The lowest BCUT2D eigenvalue weighted by Crippen LogP contribution is -2.44. The maximum Gasteiger partial charge on any atom is 0.221 e. The first kappa shape index (κ1) is 15.4. The van der Waals surface area contributed by atoms with Crippen LogP contribution in [0.2, 0.25) is 0 Å². The minimum Gasteiger partial charge on any atom is -0.353 e. The third-order valence-electron chi connectivity index (χ3n) is 3.11. The number of hydrogen-bond donors (Lipinski definition) is 2. The standard InChI is InChI=1S/C13H28N2O/c1-7-10(9(2)3)15-12(16)8-11(14)13(4,5)6/h9-11H,7-8,14H2,1-6H3,(H,15,16). The minimum atomic E-state index is -0.0860. The van der Waals surface area contributed by atoms with Gasteiger partial charge in [0.05, 0.1) is 0 Å². The highest BCUT2D eigenvalue weighted by Crippen LogP contribution is 2.19. The van der Waals surface area contributed by atoms with Gasteiger partial charge in [0, 0.05) is 18.5 Å². The van der Waals surface area contributed by atoms with Gasteiger partial charge in [-0.2, -0.15) is 0 Å². The van der Waals surface area contributed by atoms with Crippen molar-refractivity contribution in [3.8, 4) is 0 Å². The highest BCUT2D eigenvalue weighted by molar-refractivity contribution is 5.77. The summed E-state index contributed by atoms with van der Waals surface area (Å²) in [6.45, 7) is 12.5. The number of nitrogens with one attached hydrogen (secondary N) is 1. The molecular formula is C13H28N2O. The topological polar surface area (TPSA) is 55.1 Å². The molecule has 0 saturated heterocycles. The summed E-state index contributed by atoms with van der Waals surface area (Å²) in [4.78, 5) is 11.8. The first-order chi connectivity index (χ1) is 7.18. The van der Waals surface area contributed by atoms with Crippen molar-refractivity contribution in [3.63, 3.8) is 0 Å². The van der Waals surface area contributed by atoms with E-state index in [1.54, 1.807) is 0 Å². The fraction of sp³-hybridized carbons (Fsp3) is 0.923. The largest absolute Gasteiger partial charge is 0.353 e. The zero-order valence-electron chi connectivity index (χ0n) is 11.6. The van der Waals surface area contributed by atoms with E-state index < -0.39 is 0 Å². The van der Waals surface area contributed by atoms with E-state index >= 15 is 0 Å². The second kappa shape index (κ2) is 6.24. The van der Waals surface area contributed by atoms with Gasteiger partial charge in [-0.15, -0.1) is 0 Å². The molecule has 0 radical (unpaired) electrons. The lowest BCUT2D eigenvalue weighted by Gasteiger charge is -2.28. The first-order valence-electron chi connectivity index (χ1n) is 6.23. The molecule has 16 heavy (non-hydrogen) atoms. The summed E-state index contributed by atoms with van der Waals surface area (Å²) in [5.74, 6) is 0.544. The molecule has 0 bridgehead atoms. The highest BCUT2D eigenvalue weighted by atomic mass is 16.1. The molecule has 0 aliphatic heterocycles. The zero-order valence-corrected chi connectivity index (χ0v) is 11.6. The van der Waals surface area contributed by atoms with E-state index in [-0.39, 0.29) is 23.4 Å². The Balaban J connectivity index is 4.18. The summed E-state index contributed by atoms with van der Waals surface area (Å²) >= 11 is 0. The van der Waals surface area contributed by atoms with E-state index in [1.807, 2.05) is 0 Å². The molecule has 0 fully saturated rings. The van der Waals surface area contributed by atoms with E-state index in [9.17, 15) is 4.79 Å². The van der Waals surface area contributed by atoms with Gasteiger partial charge in [0.2, 0.25) is 5.91 Å². The first-order valence-corrected chi connectivity index (χ1v) is 6.23. The number of rotatable bonds is 5. The van der Waals surface area contributed by atoms with E-state index in [4.69, 9.17) is 5.73 Å². The maximum absolute atomic E-state index is 11.8. The van der Waals surface area contributed by atoms with Crippen molar-refractivity contribution in [2.24, 2.45) is 17.1 Å². The molecule has 0 aromatic rings. The van der Waals surface area contributed by atoms with Crippen LogP contribution < -0.4 is 11.1 Å². The molecule has 0 rings (SSSR count). The summed E-state index contributed by atoms with van der Waals surface area (Å²) in [5, 5.41) is 3.05. The van der Waals surface area contributed by atoms with Crippen LogP contribution in [-0.4, -0.2) is 18.0 Å². The Kier molecular flexibility index (Phi) is 6.01. The summed E-state index contributed by atoms with van der Waals surface area (Å²) in [5.41, 5.74) is 5.97. The summed E-state index contributed by atoms with van der Waals surface area (Å²) in [7, 11) is 0. The lowest BCUT2D eigenvalue weighted by molar-refractivity contribution is -0.123. The number of amides is 1. The van der Waals surface area contributed by atoms with Gasteiger partial charge in [0.15, 0.2) is 0 Å². The van der Waals surface area contributed by atoms with Crippen molar-refractivity contribution in [1.29, 1.82) is 0 Å². The van der Waals surface area contributed by atoms with Crippen molar-refractivity contribution in [2.75, 3.05) is 0 Å². The second-order valence-electron chi connectivity index (χ2n) is 6.00. The minimum absolute atomic E-state index is 0.0170. The molecule has 0 saturated carbocycles. The molecule has 0 heterocycles. The molecule has 96 valence electrons. The maximum atomic E-state index is 11.8. The summed E-state index contributed by atoms with van der Waals surface area (Å²) in [6.07, 6.45) is 1.38. The van der Waals surface area contributed by atoms with Crippen LogP contribution in [0.5, 0.6) is 0 Å². The molecule has 3 N–H and O–H groups in total. The van der Waals surface area contributed by atoms with Gasteiger partial charge in [-0.05, 0) is 17.8 Å². The Morgan fingerprint density at radius 1 is 1.31 bits per heavy atom. The molecule has 3 nitrogen and oxygen atoms in total. The van der Waals surface area contributed by atoms with Crippen molar-refractivity contribution in [3.05, 3.63) is 0 Å². The molecule has 0 spiro atoms. The molecule has 2 atom stereocenters. The smallest absolute Gasteiger partial charge is 0.221 e. The molecule has 0 aromatic carbocycles. The Hall–Kier alpha value is -0.570. The van der Waals surface area contributed by atoms with Crippen LogP contribution in [0.4, 0.5) is 0 Å². The monoisotopic (exact) mass is 228 g/mol. The van der Waals surface area contributed by atoms with Crippen LogP contribution in [-0.2, 0) is 4.79 Å². The predicted molar refractivity (Wildman–Crippen MR) is 69.1 cm³/mol. The van der Waals surface area contributed by atoms with Crippen molar-refractivity contribution >= 4 is 5.91 Å². The van der Waals surface area contributed by atoms with E-state index in [0.717, 1.165) is 6.42 Å². The second-order valence-corrected chi connectivity index (χ2v) is 6.00. The third kappa shape index (κ3) is 5.50. The van der Waals surface area contributed by atoms with Gasteiger partial charge < -0.3 is 11.1 Å². The molecule has 0 aromatic heterocycles. The van der Waals surface area contributed by atoms with Crippen molar-refractivity contribution in [1.82, 2.24) is 5.32 Å². The third-order valence-corrected chi connectivity index (χ3v) is 3.11. The van der Waals surface area contributed by atoms with Gasteiger partial charge in [-0.25, -0.2) is 0 Å². The molecule has 2 unspecified atom stereocenters. The van der Waals surface area contributed by atoms with E-state index in [2.05, 4.69) is 46.9 Å². The Morgan fingerprint density at radius 2 is 1.81 bits per heavy atom. The fourth-order valence-corrected chi connectivity index (χ4v) is 1.51. The highest BCUT2D eigenvalue weighted by Gasteiger charge is 2.24. The van der Waals surface area contributed by atoms with Gasteiger partial charge in [0.1, 0.15) is 0 Å². The van der Waals surface area contributed by atoms with Crippen molar-refractivity contribution < 1.29 is 4.79 Å². The van der Waals surface area contributed by atoms with E-state index in [0.29, 0.717) is 12.3 Å². The lowest BCUT2D eigenvalue weighted by atomic mass is 9.85. The van der Waals surface area contributed by atoms with E-state index in [1.165, 1.54) is 0 Å². The average molecular weight is 228 g/mol. The van der Waals surface area contributed by atoms with Crippen LogP contribution in [0.25, 0.3) is 0 Å². The molecular weight excluding hydrogens is 200 g/mol. The Morgan fingerprint density at radius 3 is 2.12 bits per heavy atom. The Labute approximate surface area is 100 Å². The molecule has 1 amide bonds. The summed E-state index contributed by atoms with van der Waals surface area (Å²) in [6, 6.07) is 0.178. The van der Waals surface area contributed by atoms with Crippen LogP contribution in [0.1, 0.15) is 54.4 Å². The van der Waals surface area contributed by atoms with Gasteiger partial charge >= 0.3 is 0 Å². The average Bonchev–Trinajstić information content (AvgIpc) is 2.11. The van der Waals surface area contributed by atoms with Gasteiger partial charge in [-0.3, -0.25) is 4.79 Å². The quantitative estimate of drug-likeness (QED) is 0.758. The van der Waals surface area contributed by atoms with Gasteiger partial charge in [0.25, 0.3) is 0 Å². The number of hydrogen-bond acceptors (Lipinski definition) is 2. The van der Waals surface area contributed by atoms with Gasteiger partial charge in [-0.1, -0.05) is 41.5 Å². The molecule has 0 aliphatic carbocycles. The zero-order chi connectivity index (χ0) is 12.9. The normalized spacial score (nSPS) is 16.0. The molecule has 0 aliphatic rings. The van der Waals surface area contributed by atoms with Crippen LogP contribution in [0.15, 0.2) is 0 Å². The molecule has 3 heteroatoms. The summed E-state index contributed by atoms with van der Waals surface area (Å²) < 4.78 is 0.